The van der Waals surface area contributed by atoms with Crippen LogP contribution in [0.3, 0.4) is 0 Å². The van der Waals surface area contributed by atoms with Gasteiger partial charge >= 0.3 is 0 Å². The number of nitrogens with zero attached hydrogens (tertiary/aromatic N) is 3. The van der Waals surface area contributed by atoms with E-state index >= 15 is 0 Å². The fourth-order valence-corrected chi connectivity index (χ4v) is 1.61. The average molecular weight is 220 g/mol. The fraction of sp³-hybridized carbons (Fsp3) is 0.111. The van der Waals surface area contributed by atoms with Crippen molar-refractivity contribution in [1.29, 1.82) is 0 Å². The Kier molecular flexibility index (Phi) is 3.08. The molecular weight excluding hydrogens is 212 g/mol. The topological polar surface area (TPSA) is 66.7 Å². The lowest BCUT2D eigenvalue weighted by Gasteiger charge is -1.90. The summed E-state index contributed by atoms with van der Waals surface area (Å²) < 4.78 is 0. The SMILES string of the molecule is O=C1CS/C(=N\N=C\c2ccncc2)N1. The molecule has 1 fully saturated rings. The van der Waals surface area contributed by atoms with Gasteiger partial charge in [0.25, 0.3) is 0 Å². The van der Waals surface area contributed by atoms with Crippen molar-refractivity contribution >= 4 is 29.1 Å². The first-order valence-electron chi connectivity index (χ1n) is 4.28. The van der Waals surface area contributed by atoms with E-state index in [0.29, 0.717) is 10.9 Å². The molecule has 1 aliphatic heterocycles. The highest BCUT2D eigenvalue weighted by Crippen LogP contribution is 2.08. The van der Waals surface area contributed by atoms with Crippen LogP contribution >= 0.6 is 11.8 Å². The van der Waals surface area contributed by atoms with E-state index in [4.69, 9.17) is 0 Å². The summed E-state index contributed by atoms with van der Waals surface area (Å²) in [5.74, 6) is 0.390. The second kappa shape index (κ2) is 4.70. The molecule has 1 saturated heterocycles. The molecule has 0 saturated carbocycles. The van der Waals surface area contributed by atoms with Crippen molar-refractivity contribution in [2.45, 2.75) is 0 Å². The van der Waals surface area contributed by atoms with E-state index in [1.54, 1.807) is 18.6 Å². The summed E-state index contributed by atoms with van der Waals surface area (Å²) in [5, 5.41) is 10.9. The minimum Gasteiger partial charge on any atom is -0.303 e. The Labute approximate surface area is 90.7 Å². The molecule has 2 heterocycles. The largest absolute Gasteiger partial charge is 0.303 e. The summed E-state index contributed by atoms with van der Waals surface area (Å²) >= 11 is 1.35. The fourth-order valence-electron chi connectivity index (χ4n) is 0.977. The molecule has 1 aromatic heterocycles. The van der Waals surface area contributed by atoms with Crippen molar-refractivity contribution in [3.8, 4) is 0 Å². The molecule has 0 unspecified atom stereocenters. The summed E-state index contributed by atoms with van der Waals surface area (Å²) in [6.07, 6.45) is 4.97. The maximum absolute atomic E-state index is 10.8. The molecule has 5 nitrogen and oxygen atoms in total. The van der Waals surface area contributed by atoms with Gasteiger partial charge in [0.05, 0.1) is 12.0 Å². The van der Waals surface area contributed by atoms with Crippen molar-refractivity contribution < 1.29 is 4.79 Å². The van der Waals surface area contributed by atoms with E-state index in [2.05, 4.69) is 20.5 Å². The second-order valence-corrected chi connectivity index (χ2v) is 3.73. The van der Waals surface area contributed by atoms with Crippen molar-refractivity contribution in [3.05, 3.63) is 30.1 Å². The third-order valence-corrected chi connectivity index (χ3v) is 2.51. The molecule has 0 aromatic carbocycles. The highest BCUT2D eigenvalue weighted by molar-refractivity contribution is 8.15. The monoisotopic (exact) mass is 220 g/mol. The first-order valence-corrected chi connectivity index (χ1v) is 5.27. The van der Waals surface area contributed by atoms with Crippen LogP contribution in [0.25, 0.3) is 0 Å². The minimum atomic E-state index is -0.0298. The van der Waals surface area contributed by atoms with Crippen LogP contribution in [-0.2, 0) is 4.79 Å². The van der Waals surface area contributed by atoms with Crippen LogP contribution in [0.5, 0.6) is 0 Å². The molecule has 1 aliphatic rings. The maximum atomic E-state index is 10.8. The number of nitrogens with one attached hydrogen (secondary N) is 1. The smallest absolute Gasteiger partial charge is 0.236 e. The van der Waals surface area contributed by atoms with Crippen LogP contribution in [0.1, 0.15) is 5.56 Å². The number of hydrogen-bond donors (Lipinski definition) is 1. The van der Waals surface area contributed by atoms with E-state index < -0.39 is 0 Å². The summed E-state index contributed by atoms with van der Waals surface area (Å²) in [7, 11) is 0. The van der Waals surface area contributed by atoms with E-state index in [1.165, 1.54) is 11.8 Å². The summed E-state index contributed by atoms with van der Waals surface area (Å²) in [5.41, 5.74) is 0.920. The number of aromatic nitrogens is 1. The molecule has 15 heavy (non-hydrogen) atoms. The van der Waals surface area contributed by atoms with Gasteiger partial charge in [0, 0.05) is 12.4 Å². The Balaban J connectivity index is 1.98. The lowest BCUT2D eigenvalue weighted by atomic mass is 10.3. The molecule has 0 atom stereocenters. The zero-order chi connectivity index (χ0) is 10.5. The van der Waals surface area contributed by atoms with Crippen LogP contribution in [0.15, 0.2) is 34.7 Å². The Bertz CT molecular complexity index is 415. The number of amides is 1. The number of carbonyl (C=O) groups excluding carboxylic acids is 1. The first-order chi connectivity index (χ1) is 7.34. The van der Waals surface area contributed by atoms with Gasteiger partial charge in [-0.05, 0) is 17.7 Å². The van der Waals surface area contributed by atoms with Crippen LogP contribution in [0, 0.1) is 0 Å². The van der Waals surface area contributed by atoms with Gasteiger partial charge in [0.2, 0.25) is 5.91 Å². The van der Waals surface area contributed by atoms with Crippen LogP contribution in [-0.4, -0.2) is 28.0 Å². The molecule has 1 amide bonds. The third kappa shape index (κ3) is 2.88. The molecule has 0 bridgehead atoms. The normalized spacial score (nSPS) is 18.7. The van der Waals surface area contributed by atoms with Crippen molar-refractivity contribution in [2.24, 2.45) is 10.2 Å². The zero-order valence-corrected chi connectivity index (χ0v) is 8.57. The van der Waals surface area contributed by atoms with Gasteiger partial charge in [-0.1, -0.05) is 11.8 Å². The lowest BCUT2D eigenvalue weighted by Crippen LogP contribution is -2.19. The van der Waals surface area contributed by atoms with Gasteiger partial charge in [-0.25, -0.2) is 0 Å². The summed E-state index contributed by atoms with van der Waals surface area (Å²) in [6.45, 7) is 0. The maximum Gasteiger partial charge on any atom is 0.236 e. The van der Waals surface area contributed by atoms with E-state index in [0.717, 1.165) is 5.56 Å². The molecule has 1 aromatic rings. The predicted octanol–water partition coefficient (Wildman–Crippen LogP) is 0.635. The number of hydrogen-bond acceptors (Lipinski definition) is 5. The highest BCUT2D eigenvalue weighted by Gasteiger charge is 2.15. The molecule has 2 rings (SSSR count). The Hall–Kier alpha value is -1.69. The number of amidine groups is 1. The summed E-state index contributed by atoms with van der Waals surface area (Å²) in [6, 6.07) is 3.65. The molecule has 76 valence electrons. The molecule has 0 radical (unpaired) electrons. The molecule has 1 N–H and O–H groups in total. The highest BCUT2D eigenvalue weighted by atomic mass is 32.2. The summed E-state index contributed by atoms with van der Waals surface area (Å²) in [4.78, 5) is 14.7. The van der Waals surface area contributed by atoms with E-state index in [9.17, 15) is 4.79 Å². The van der Waals surface area contributed by atoms with Crippen LogP contribution in [0.2, 0.25) is 0 Å². The standard InChI is InChI=1S/C9H8N4OS/c14-8-6-15-9(12-8)13-11-5-7-1-3-10-4-2-7/h1-5H,6H2,(H,12,13,14)/b11-5+. The lowest BCUT2D eigenvalue weighted by molar-refractivity contribution is -0.116. The number of thioether (sulfide) groups is 1. The number of rotatable bonds is 2. The van der Waals surface area contributed by atoms with E-state index in [1.807, 2.05) is 12.1 Å². The van der Waals surface area contributed by atoms with Crippen molar-refractivity contribution in [2.75, 3.05) is 5.75 Å². The molecule has 0 spiro atoms. The predicted molar refractivity (Wildman–Crippen MR) is 59.9 cm³/mol. The molecule has 0 aliphatic carbocycles. The van der Waals surface area contributed by atoms with Gasteiger partial charge in [0.1, 0.15) is 0 Å². The average Bonchev–Trinajstić information content (AvgIpc) is 2.66. The van der Waals surface area contributed by atoms with Gasteiger partial charge in [-0.15, -0.1) is 5.10 Å². The van der Waals surface area contributed by atoms with Crippen molar-refractivity contribution in [1.82, 2.24) is 10.3 Å². The molecule has 6 heteroatoms. The van der Waals surface area contributed by atoms with Crippen LogP contribution < -0.4 is 5.32 Å². The Morgan fingerprint density at radius 3 is 2.93 bits per heavy atom. The van der Waals surface area contributed by atoms with Crippen molar-refractivity contribution in [3.63, 3.8) is 0 Å². The first kappa shape index (κ1) is 9.85. The second-order valence-electron chi connectivity index (χ2n) is 2.77. The van der Waals surface area contributed by atoms with Crippen LogP contribution in [0.4, 0.5) is 0 Å². The van der Waals surface area contributed by atoms with Gasteiger partial charge < -0.3 is 5.32 Å². The minimum absolute atomic E-state index is 0.0298. The number of carbonyl (C=O) groups is 1. The molecular formula is C9H8N4OS. The van der Waals surface area contributed by atoms with E-state index in [-0.39, 0.29) is 5.91 Å². The Morgan fingerprint density at radius 2 is 2.27 bits per heavy atom. The van der Waals surface area contributed by atoms with Gasteiger partial charge in [-0.2, -0.15) is 5.10 Å². The van der Waals surface area contributed by atoms with Gasteiger partial charge in [-0.3, -0.25) is 9.78 Å². The number of pyridine rings is 1. The zero-order valence-electron chi connectivity index (χ0n) is 7.75. The quantitative estimate of drug-likeness (QED) is 0.587. The van der Waals surface area contributed by atoms with Gasteiger partial charge in [0.15, 0.2) is 5.17 Å². The third-order valence-electron chi connectivity index (χ3n) is 1.65. The Morgan fingerprint density at radius 1 is 1.47 bits per heavy atom.